The number of benzene rings is 3. The van der Waals surface area contributed by atoms with E-state index in [-0.39, 0.29) is 5.91 Å². The smallest absolute Gasteiger partial charge is 0.266 e. The summed E-state index contributed by atoms with van der Waals surface area (Å²) < 4.78 is 14.8. The molecule has 3 aromatic carbocycles. The molecule has 3 atom stereocenters. The summed E-state index contributed by atoms with van der Waals surface area (Å²) >= 11 is 0. The topological polar surface area (TPSA) is 49.9 Å². The maximum absolute atomic E-state index is 14.8. The lowest BCUT2D eigenvalue weighted by Crippen LogP contribution is -2.38. The van der Waals surface area contributed by atoms with Crippen molar-refractivity contribution in [3.63, 3.8) is 0 Å². The molecule has 5 rings (SSSR count). The molecule has 2 amide bonds. The van der Waals surface area contributed by atoms with Crippen LogP contribution in [-0.2, 0) is 14.4 Å². The molecule has 0 radical (unpaired) electrons. The van der Waals surface area contributed by atoms with Gasteiger partial charge in [0.15, 0.2) is 6.10 Å². The summed E-state index contributed by atoms with van der Waals surface area (Å²) in [6.07, 6.45) is -1.02. The number of carbonyl (C=O) groups is 2. The maximum Gasteiger partial charge on any atom is 0.266 e. The number of hydrogen-bond acceptors (Lipinski definition) is 4. The van der Waals surface area contributed by atoms with Crippen LogP contribution >= 0.6 is 0 Å². The Bertz CT molecular complexity index is 1180. The van der Waals surface area contributed by atoms with Gasteiger partial charge in [-0.15, -0.1) is 0 Å². The summed E-state index contributed by atoms with van der Waals surface area (Å²) in [4.78, 5) is 34.2. The number of halogens is 1. The number of rotatable bonds is 3. The molecule has 5 nitrogen and oxygen atoms in total. The molecule has 0 aromatic heterocycles. The van der Waals surface area contributed by atoms with E-state index in [1.807, 2.05) is 56.3 Å². The van der Waals surface area contributed by atoms with Crippen LogP contribution in [0, 0.1) is 25.6 Å². The van der Waals surface area contributed by atoms with Gasteiger partial charge < -0.3 is 0 Å². The summed E-state index contributed by atoms with van der Waals surface area (Å²) in [7, 11) is 0. The minimum absolute atomic E-state index is 0.322. The third-order valence-corrected chi connectivity index (χ3v) is 5.94. The first-order valence-electron chi connectivity index (χ1n) is 10.2. The zero-order chi connectivity index (χ0) is 21.7. The van der Waals surface area contributed by atoms with E-state index in [2.05, 4.69) is 0 Å². The van der Waals surface area contributed by atoms with Gasteiger partial charge in [-0.05, 0) is 43.7 Å². The van der Waals surface area contributed by atoms with Crippen molar-refractivity contribution in [3.8, 4) is 0 Å². The third-order valence-electron chi connectivity index (χ3n) is 5.94. The van der Waals surface area contributed by atoms with Crippen molar-refractivity contribution in [1.29, 1.82) is 0 Å². The summed E-state index contributed by atoms with van der Waals surface area (Å²) in [5.41, 5.74) is 3.38. The van der Waals surface area contributed by atoms with Crippen molar-refractivity contribution in [1.82, 2.24) is 0 Å². The Morgan fingerprint density at radius 3 is 2.29 bits per heavy atom. The lowest BCUT2D eigenvalue weighted by atomic mass is 9.90. The van der Waals surface area contributed by atoms with Gasteiger partial charge in [0.1, 0.15) is 11.7 Å². The highest BCUT2D eigenvalue weighted by atomic mass is 19.1. The van der Waals surface area contributed by atoms with Crippen LogP contribution in [0.15, 0.2) is 72.8 Å². The Kier molecular flexibility index (Phi) is 4.59. The summed E-state index contributed by atoms with van der Waals surface area (Å²) in [5, 5.41) is 1.50. The Morgan fingerprint density at radius 1 is 0.871 bits per heavy atom. The van der Waals surface area contributed by atoms with Crippen molar-refractivity contribution in [2.24, 2.45) is 5.92 Å². The quantitative estimate of drug-likeness (QED) is 0.590. The van der Waals surface area contributed by atoms with E-state index in [9.17, 15) is 14.0 Å². The molecule has 0 aliphatic carbocycles. The number of fused-ring (bicyclic) bond motifs is 1. The van der Waals surface area contributed by atoms with Crippen molar-refractivity contribution in [2.75, 3.05) is 9.96 Å². The van der Waals surface area contributed by atoms with Crippen LogP contribution in [0.2, 0.25) is 0 Å². The molecular weight excluding hydrogens is 395 g/mol. The van der Waals surface area contributed by atoms with Crippen molar-refractivity contribution in [3.05, 3.63) is 95.3 Å². The second-order valence-corrected chi connectivity index (χ2v) is 7.98. The lowest BCUT2D eigenvalue weighted by Gasteiger charge is -2.29. The molecule has 3 aromatic rings. The van der Waals surface area contributed by atoms with Gasteiger partial charge in [-0.1, -0.05) is 54.1 Å². The molecule has 0 spiro atoms. The summed E-state index contributed by atoms with van der Waals surface area (Å²) in [5.74, 6) is -2.11. The van der Waals surface area contributed by atoms with Crippen LogP contribution in [0.25, 0.3) is 0 Å². The standard InChI is InChI=1S/C25H21FN2O3/c1-15-12-13-20(16(2)14-15)27-24(29)21-22(18-10-6-7-11-19(18)26)28(31-23(21)25(27)30)17-8-4-3-5-9-17/h3-14,21-23H,1-2H3/t21-,22-,23-/m1/s1. The zero-order valence-electron chi connectivity index (χ0n) is 17.2. The van der Waals surface area contributed by atoms with Crippen molar-refractivity contribution >= 4 is 23.2 Å². The maximum atomic E-state index is 14.8. The van der Waals surface area contributed by atoms with Gasteiger partial charge >= 0.3 is 0 Å². The molecule has 2 saturated heterocycles. The summed E-state index contributed by atoms with van der Waals surface area (Å²) in [6.45, 7) is 3.82. The first-order chi connectivity index (χ1) is 15.0. The average molecular weight is 416 g/mol. The minimum Gasteiger partial charge on any atom is -0.273 e. The molecule has 2 aliphatic heterocycles. The van der Waals surface area contributed by atoms with Gasteiger partial charge in [0.25, 0.3) is 5.91 Å². The molecule has 156 valence electrons. The highest BCUT2D eigenvalue weighted by Crippen LogP contribution is 2.48. The molecule has 0 N–H and O–H groups in total. The minimum atomic E-state index is -1.02. The molecule has 31 heavy (non-hydrogen) atoms. The van der Waals surface area contributed by atoms with Crippen LogP contribution in [0.4, 0.5) is 15.8 Å². The molecule has 6 heteroatoms. The predicted molar refractivity (Wildman–Crippen MR) is 115 cm³/mol. The second-order valence-electron chi connectivity index (χ2n) is 7.98. The Labute approximate surface area is 179 Å². The van der Waals surface area contributed by atoms with Crippen LogP contribution < -0.4 is 9.96 Å². The van der Waals surface area contributed by atoms with E-state index >= 15 is 0 Å². The molecular formula is C25H21FN2O3. The largest absolute Gasteiger partial charge is 0.273 e. The van der Waals surface area contributed by atoms with Crippen LogP contribution in [0.1, 0.15) is 22.7 Å². The molecule has 2 fully saturated rings. The van der Waals surface area contributed by atoms with Gasteiger partial charge in [-0.3, -0.25) is 14.4 Å². The number of hydroxylamine groups is 1. The second kappa shape index (κ2) is 7.32. The molecule has 0 saturated carbocycles. The molecule has 2 heterocycles. The Balaban J connectivity index is 1.61. The van der Waals surface area contributed by atoms with Gasteiger partial charge in [-0.2, -0.15) is 0 Å². The van der Waals surface area contributed by atoms with Gasteiger partial charge in [0.05, 0.1) is 17.4 Å². The Morgan fingerprint density at radius 2 is 1.58 bits per heavy atom. The van der Waals surface area contributed by atoms with Gasteiger partial charge in [0.2, 0.25) is 5.91 Å². The van der Waals surface area contributed by atoms with E-state index in [0.717, 1.165) is 11.1 Å². The number of anilines is 2. The summed E-state index contributed by atoms with van der Waals surface area (Å²) in [6, 6.07) is 20.3. The normalized spacial score (nSPS) is 22.9. The van der Waals surface area contributed by atoms with E-state index in [1.165, 1.54) is 16.0 Å². The number of nitrogens with zero attached hydrogens (tertiary/aromatic N) is 2. The fourth-order valence-corrected chi connectivity index (χ4v) is 4.54. The molecule has 0 bridgehead atoms. The first kappa shape index (κ1) is 19.5. The highest BCUT2D eigenvalue weighted by Gasteiger charge is 2.60. The molecule has 2 aliphatic rings. The number of imide groups is 1. The van der Waals surface area contributed by atoms with E-state index in [4.69, 9.17) is 4.84 Å². The van der Waals surface area contributed by atoms with E-state index in [0.29, 0.717) is 16.9 Å². The lowest BCUT2D eigenvalue weighted by molar-refractivity contribution is -0.126. The Hall–Kier alpha value is -3.51. The van der Waals surface area contributed by atoms with Crippen molar-refractivity contribution in [2.45, 2.75) is 26.0 Å². The number of aryl methyl sites for hydroxylation is 2. The molecule has 0 unspecified atom stereocenters. The van der Waals surface area contributed by atoms with Crippen LogP contribution in [0.5, 0.6) is 0 Å². The van der Waals surface area contributed by atoms with Gasteiger partial charge in [0, 0.05) is 5.56 Å². The van der Waals surface area contributed by atoms with Crippen molar-refractivity contribution < 1.29 is 18.8 Å². The SMILES string of the molecule is Cc1ccc(N2C(=O)[C@@H]3[C@@H](c4ccccc4F)N(c4ccccc4)O[C@H]3C2=O)c(C)c1. The van der Waals surface area contributed by atoms with Gasteiger partial charge in [-0.25, -0.2) is 14.4 Å². The average Bonchev–Trinajstić information content (AvgIpc) is 3.26. The number of para-hydroxylation sites is 1. The monoisotopic (exact) mass is 416 g/mol. The highest BCUT2D eigenvalue weighted by molar-refractivity contribution is 6.24. The van der Waals surface area contributed by atoms with E-state index in [1.54, 1.807) is 24.3 Å². The third kappa shape index (κ3) is 3.02. The van der Waals surface area contributed by atoms with Crippen LogP contribution in [0.3, 0.4) is 0 Å². The first-order valence-corrected chi connectivity index (χ1v) is 10.2. The number of carbonyl (C=O) groups excluding carboxylic acids is 2. The predicted octanol–water partition coefficient (Wildman–Crippen LogP) is 4.49. The number of amides is 2. The van der Waals surface area contributed by atoms with E-state index < -0.39 is 29.8 Å². The number of hydrogen-bond donors (Lipinski definition) is 0. The zero-order valence-corrected chi connectivity index (χ0v) is 17.2. The fraction of sp³-hybridized carbons (Fsp3) is 0.200. The fourth-order valence-electron chi connectivity index (χ4n) is 4.54. The van der Waals surface area contributed by atoms with Crippen LogP contribution in [-0.4, -0.2) is 17.9 Å².